The van der Waals surface area contributed by atoms with Crippen molar-refractivity contribution in [1.82, 2.24) is 9.78 Å². The number of aromatic carboxylic acids is 1. The molecule has 2 rings (SSSR count). The van der Waals surface area contributed by atoms with Gasteiger partial charge < -0.3 is 9.84 Å². The van der Waals surface area contributed by atoms with Crippen LogP contribution in [-0.4, -0.2) is 28.0 Å². The van der Waals surface area contributed by atoms with Crippen LogP contribution >= 0.6 is 11.6 Å². The van der Waals surface area contributed by atoms with E-state index >= 15 is 0 Å². The van der Waals surface area contributed by atoms with Gasteiger partial charge in [-0.2, -0.15) is 5.10 Å². The van der Waals surface area contributed by atoms with Crippen LogP contribution in [-0.2, 0) is 0 Å². The smallest absolute Gasteiger partial charge is 0.358 e. The molecule has 20 heavy (non-hydrogen) atoms. The molecule has 0 saturated carbocycles. The van der Waals surface area contributed by atoms with Crippen LogP contribution < -0.4 is 4.74 Å². The summed E-state index contributed by atoms with van der Waals surface area (Å²) in [6, 6.07) is 7.18. The highest BCUT2D eigenvalue weighted by Gasteiger charge is 2.23. The van der Waals surface area contributed by atoms with Crippen LogP contribution in [0.15, 0.2) is 24.3 Å². The van der Waals surface area contributed by atoms with E-state index in [2.05, 4.69) is 5.10 Å². The minimum Gasteiger partial charge on any atom is -0.497 e. The summed E-state index contributed by atoms with van der Waals surface area (Å²) in [6.45, 7) is 3.88. The largest absolute Gasteiger partial charge is 0.497 e. The normalized spacial score (nSPS) is 10.8. The van der Waals surface area contributed by atoms with Crippen molar-refractivity contribution in [3.63, 3.8) is 0 Å². The number of nitrogens with zero attached hydrogens (tertiary/aromatic N) is 2. The van der Waals surface area contributed by atoms with E-state index in [9.17, 15) is 4.79 Å². The topological polar surface area (TPSA) is 64.4 Å². The molecule has 0 amide bonds. The van der Waals surface area contributed by atoms with Gasteiger partial charge >= 0.3 is 5.97 Å². The average molecular weight is 295 g/mol. The second kappa shape index (κ2) is 5.54. The van der Waals surface area contributed by atoms with Crippen LogP contribution in [0.25, 0.3) is 5.69 Å². The minimum atomic E-state index is -1.14. The molecule has 1 N–H and O–H groups in total. The second-order valence-electron chi connectivity index (χ2n) is 4.62. The lowest BCUT2D eigenvalue weighted by Gasteiger charge is -2.11. The molecule has 1 aromatic carbocycles. The van der Waals surface area contributed by atoms with Crippen LogP contribution in [0.3, 0.4) is 0 Å². The Bertz CT molecular complexity index is 633. The van der Waals surface area contributed by atoms with Crippen molar-refractivity contribution in [2.75, 3.05) is 7.11 Å². The van der Waals surface area contributed by atoms with Crippen LogP contribution in [0.5, 0.6) is 5.75 Å². The van der Waals surface area contributed by atoms with E-state index in [0.29, 0.717) is 5.69 Å². The third-order valence-electron chi connectivity index (χ3n) is 2.93. The zero-order valence-electron chi connectivity index (χ0n) is 11.4. The minimum absolute atomic E-state index is 0.0465. The monoisotopic (exact) mass is 294 g/mol. The number of aromatic nitrogens is 2. The van der Waals surface area contributed by atoms with Crippen LogP contribution in [0, 0.1) is 0 Å². The maximum atomic E-state index is 11.2. The van der Waals surface area contributed by atoms with Crippen molar-refractivity contribution in [2.45, 2.75) is 19.8 Å². The molecule has 0 bridgehead atoms. The SMILES string of the molecule is COc1ccc(-n2nc(C(=O)O)c(Cl)c2C(C)C)cc1. The molecule has 0 aliphatic rings. The van der Waals surface area contributed by atoms with Crippen LogP contribution in [0.4, 0.5) is 0 Å². The Balaban J connectivity index is 2.59. The summed E-state index contributed by atoms with van der Waals surface area (Å²) in [5.41, 5.74) is 1.28. The van der Waals surface area contributed by atoms with Gasteiger partial charge in [-0.05, 0) is 30.2 Å². The molecule has 1 heterocycles. The number of rotatable bonds is 4. The fourth-order valence-electron chi connectivity index (χ4n) is 1.97. The van der Waals surface area contributed by atoms with E-state index < -0.39 is 5.97 Å². The van der Waals surface area contributed by atoms with Gasteiger partial charge in [0, 0.05) is 0 Å². The maximum Gasteiger partial charge on any atom is 0.358 e. The number of carbonyl (C=O) groups is 1. The Morgan fingerprint density at radius 2 is 1.95 bits per heavy atom. The number of methoxy groups -OCH3 is 1. The summed E-state index contributed by atoms with van der Waals surface area (Å²) in [4.78, 5) is 11.2. The lowest BCUT2D eigenvalue weighted by atomic mass is 10.1. The first-order valence-electron chi connectivity index (χ1n) is 6.11. The van der Waals surface area contributed by atoms with Crippen molar-refractivity contribution in [3.05, 3.63) is 40.7 Å². The standard InChI is InChI=1S/C14H15ClN2O3/c1-8(2)13-11(15)12(14(18)19)16-17(13)9-4-6-10(20-3)7-5-9/h4-8H,1-3H3,(H,18,19). The molecule has 5 nitrogen and oxygen atoms in total. The number of carboxylic acids is 1. The molecule has 0 spiro atoms. The zero-order chi connectivity index (χ0) is 14.9. The van der Waals surface area contributed by atoms with Crippen molar-refractivity contribution in [2.24, 2.45) is 0 Å². The summed E-state index contributed by atoms with van der Waals surface area (Å²) in [6.07, 6.45) is 0. The molecule has 0 aliphatic heterocycles. The molecule has 0 saturated heterocycles. The van der Waals surface area contributed by atoms with Crippen LogP contribution in [0.1, 0.15) is 35.9 Å². The zero-order valence-corrected chi connectivity index (χ0v) is 12.2. The second-order valence-corrected chi connectivity index (χ2v) is 5.00. The Morgan fingerprint density at radius 1 is 1.35 bits per heavy atom. The molecular formula is C14H15ClN2O3. The Hall–Kier alpha value is -2.01. The summed E-state index contributed by atoms with van der Waals surface area (Å²) in [5, 5.41) is 13.4. The summed E-state index contributed by atoms with van der Waals surface area (Å²) in [7, 11) is 1.59. The van der Waals surface area contributed by atoms with Crippen molar-refractivity contribution in [1.29, 1.82) is 0 Å². The molecule has 1 aromatic heterocycles. The molecule has 0 unspecified atom stereocenters. The first-order valence-corrected chi connectivity index (χ1v) is 6.49. The van der Waals surface area contributed by atoms with Gasteiger partial charge in [-0.1, -0.05) is 25.4 Å². The maximum absolute atomic E-state index is 11.2. The number of ether oxygens (including phenoxy) is 1. The van der Waals surface area contributed by atoms with Gasteiger partial charge in [0.25, 0.3) is 0 Å². The van der Waals surface area contributed by atoms with Crippen molar-refractivity contribution < 1.29 is 14.6 Å². The van der Waals surface area contributed by atoms with E-state index in [4.69, 9.17) is 21.4 Å². The van der Waals surface area contributed by atoms with Crippen molar-refractivity contribution in [3.8, 4) is 11.4 Å². The van der Waals surface area contributed by atoms with Gasteiger partial charge in [0.05, 0.1) is 23.5 Å². The number of hydrogen-bond acceptors (Lipinski definition) is 3. The van der Waals surface area contributed by atoms with E-state index in [1.165, 1.54) is 0 Å². The Morgan fingerprint density at radius 3 is 2.40 bits per heavy atom. The summed E-state index contributed by atoms with van der Waals surface area (Å²) < 4.78 is 6.67. The number of carboxylic acid groups (broad SMARTS) is 1. The third-order valence-corrected chi connectivity index (χ3v) is 3.30. The quantitative estimate of drug-likeness (QED) is 0.939. The predicted molar refractivity (Wildman–Crippen MR) is 76.2 cm³/mol. The molecule has 0 radical (unpaired) electrons. The van der Waals surface area contributed by atoms with Crippen LogP contribution in [0.2, 0.25) is 5.02 Å². The van der Waals surface area contributed by atoms with Gasteiger partial charge in [0.1, 0.15) is 5.75 Å². The number of hydrogen-bond donors (Lipinski definition) is 1. The predicted octanol–water partition coefficient (Wildman–Crippen LogP) is 3.36. The summed E-state index contributed by atoms with van der Waals surface area (Å²) in [5.74, 6) is -0.370. The lowest BCUT2D eigenvalue weighted by Crippen LogP contribution is -2.04. The van der Waals surface area contributed by atoms with E-state index in [1.807, 2.05) is 13.8 Å². The van der Waals surface area contributed by atoms with Crippen molar-refractivity contribution >= 4 is 17.6 Å². The van der Waals surface area contributed by atoms with Gasteiger partial charge in [-0.15, -0.1) is 0 Å². The van der Waals surface area contributed by atoms with E-state index in [-0.39, 0.29) is 16.6 Å². The van der Waals surface area contributed by atoms with Gasteiger partial charge in [-0.25, -0.2) is 9.48 Å². The summed E-state index contributed by atoms with van der Waals surface area (Å²) >= 11 is 6.14. The lowest BCUT2D eigenvalue weighted by molar-refractivity contribution is 0.0690. The highest BCUT2D eigenvalue weighted by Crippen LogP contribution is 2.30. The molecular weight excluding hydrogens is 280 g/mol. The fraction of sp³-hybridized carbons (Fsp3) is 0.286. The highest BCUT2D eigenvalue weighted by molar-refractivity contribution is 6.34. The molecule has 6 heteroatoms. The number of halogens is 1. The van der Waals surface area contributed by atoms with Gasteiger partial charge in [0.15, 0.2) is 5.69 Å². The third kappa shape index (κ3) is 2.49. The first-order chi connectivity index (χ1) is 9.45. The average Bonchev–Trinajstić information content (AvgIpc) is 2.76. The first kappa shape index (κ1) is 14.4. The van der Waals surface area contributed by atoms with E-state index in [0.717, 1.165) is 11.4 Å². The highest BCUT2D eigenvalue weighted by atomic mass is 35.5. The Kier molecular flexibility index (Phi) is 3.99. The van der Waals surface area contributed by atoms with E-state index in [1.54, 1.807) is 36.1 Å². The molecule has 0 fully saturated rings. The molecule has 2 aromatic rings. The number of benzene rings is 1. The molecule has 0 aliphatic carbocycles. The Labute approximate surface area is 121 Å². The van der Waals surface area contributed by atoms with Gasteiger partial charge in [0.2, 0.25) is 0 Å². The molecule has 0 atom stereocenters. The molecule has 106 valence electrons. The van der Waals surface area contributed by atoms with Gasteiger partial charge in [-0.3, -0.25) is 0 Å². The fourth-order valence-corrected chi connectivity index (χ4v) is 2.38.